The summed E-state index contributed by atoms with van der Waals surface area (Å²) < 4.78 is 65.3. The van der Waals surface area contributed by atoms with E-state index in [2.05, 4.69) is 41.4 Å². The van der Waals surface area contributed by atoms with Crippen molar-refractivity contribution in [3.63, 3.8) is 0 Å². The number of hydrogen-bond acceptors (Lipinski definition) is 3. The molecule has 1 unspecified atom stereocenters. The number of nitrogens with zero attached hydrogens (tertiary/aromatic N) is 1. The van der Waals surface area contributed by atoms with Gasteiger partial charge >= 0.3 is 6.18 Å². The van der Waals surface area contributed by atoms with Crippen molar-refractivity contribution in [3.05, 3.63) is 125 Å². The first-order chi connectivity index (χ1) is 21.8. The van der Waals surface area contributed by atoms with Crippen LogP contribution in [0, 0.1) is 5.82 Å². The van der Waals surface area contributed by atoms with Crippen LogP contribution in [0.5, 0.6) is 11.5 Å². The Hall–Kier alpha value is -4.65. The van der Waals surface area contributed by atoms with Crippen molar-refractivity contribution in [1.29, 1.82) is 0 Å². The number of aryl methyl sites for hydroxylation is 2. The average molecular weight is 612 g/mol. The molecular formula is C38H33F4NO2. The number of methoxy groups -OCH3 is 2. The van der Waals surface area contributed by atoms with Gasteiger partial charge in [0.05, 0.1) is 25.2 Å². The van der Waals surface area contributed by atoms with E-state index in [1.54, 1.807) is 14.2 Å². The molecule has 1 aliphatic rings. The third kappa shape index (κ3) is 6.04. The Morgan fingerprint density at radius 2 is 1.58 bits per heavy atom. The lowest BCUT2D eigenvalue weighted by Gasteiger charge is -2.28. The summed E-state index contributed by atoms with van der Waals surface area (Å²) in [5.74, 6) is 0.496. The highest BCUT2D eigenvalue weighted by molar-refractivity contribution is 6.13. The molecule has 5 aromatic carbocycles. The first kappa shape index (κ1) is 30.4. The standard InChI is InChI=1S/C29H26F4O2.C9H7N/c1-34-25-11-5-9-22-21-15-14-19-17(6-3-8-20(19)23(21)16-26(35-2)27(22)25)12-13-18-7-4-10-24(28(18)30)29(31,32)33;1-2-4-9-7-10-6-5-8(9)3-1/h4-5,7,9-11,14-17H,3,6,8,12-13H2,1-2H3;1-7H. The Balaban J connectivity index is 0.000000301. The van der Waals surface area contributed by atoms with Crippen LogP contribution >= 0.6 is 0 Å². The second-order valence-electron chi connectivity index (χ2n) is 11.3. The average Bonchev–Trinajstić information content (AvgIpc) is 3.06. The predicted octanol–water partition coefficient (Wildman–Crippen LogP) is 10.5. The van der Waals surface area contributed by atoms with Crippen LogP contribution in [0.1, 0.15) is 47.4 Å². The number of halogens is 4. The Kier molecular flexibility index (Phi) is 8.61. The molecule has 3 nitrogen and oxygen atoms in total. The SMILES string of the molecule is COc1cccc2c1c(OC)cc1c3c(ccc12)C(CCc1cccc(C(F)(F)F)c1F)CCC3.c1ccc2cnccc2c1. The summed E-state index contributed by atoms with van der Waals surface area (Å²) in [6, 6.07) is 26.0. The molecule has 45 heavy (non-hydrogen) atoms. The molecule has 1 heterocycles. The number of hydrogen-bond donors (Lipinski definition) is 0. The Morgan fingerprint density at radius 1 is 0.800 bits per heavy atom. The number of aromatic nitrogens is 1. The summed E-state index contributed by atoms with van der Waals surface area (Å²) in [5, 5.41) is 6.66. The zero-order valence-corrected chi connectivity index (χ0v) is 25.1. The fourth-order valence-corrected chi connectivity index (χ4v) is 6.62. The number of ether oxygens (including phenoxy) is 2. The van der Waals surface area contributed by atoms with Gasteiger partial charge in [0.15, 0.2) is 0 Å². The fourth-order valence-electron chi connectivity index (χ4n) is 6.62. The van der Waals surface area contributed by atoms with Crippen molar-refractivity contribution in [1.82, 2.24) is 4.98 Å². The number of benzene rings is 5. The van der Waals surface area contributed by atoms with Gasteiger partial charge in [0, 0.05) is 12.4 Å². The van der Waals surface area contributed by atoms with Crippen LogP contribution in [-0.4, -0.2) is 19.2 Å². The van der Waals surface area contributed by atoms with E-state index in [1.807, 2.05) is 42.7 Å². The molecule has 0 fully saturated rings. The quantitative estimate of drug-likeness (QED) is 0.144. The molecule has 0 aliphatic heterocycles. The van der Waals surface area contributed by atoms with E-state index in [0.29, 0.717) is 6.42 Å². The number of fused-ring (bicyclic) bond motifs is 6. The zero-order chi connectivity index (χ0) is 31.6. The van der Waals surface area contributed by atoms with E-state index in [0.717, 1.165) is 58.4 Å². The maximum absolute atomic E-state index is 14.6. The van der Waals surface area contributed by atoms with Gasteiger partial charge in [0.2, 0.25) is 0 Å². The summed E-state index contributed by atoms with van der Waals surface area (Å²) in [7, 11) is 3.29. The Bertz CT molecular complexity index is 1920. The van der Waals surface area contributed by atoms with Crippen LogP contribution in [0.25, 0.3) is 32.3 Å². The number of pyridine rings is 1. The summed E-state index contributed by atoms with van der Waals surface area (Å²) in [6.07, 6.45) is 2.65. The molecule has 1 atom stereocenters. The molecule has 0 saturated carbocycles. The highest BCUT2D eigenvalue weighted by Gasteiger charge is 2.35. The van der Waals surface area contributed by atoms with Crippen LogP contribution in [0.2, 0.25) is 0 Å². The topological polar surface area (TPSA) is 31.4 Å². The van der Waals surface area contributed by atoms with Crippen LogP contribution in [0.15, 0.2) is 97.3 Å². The van der Waals surface area contributed by atoms with Gasteiger partial charge in [0.1, 0.15) is 17.3 Å². The molecule has 6 aromatic rings. The molecule has 0 radical (unpaired) electrons. The largest absolute Gasteiger partial charge is 0.496 e. The van der Waals surface area contributed by atoms with E-state index >= 15 is 0 Å². The minimum absolute atomic E-state index is 0.118. The minimum Gasteiger partial charge on any atom is -0.496 e. The van der Waals surface area contributed by atoms with Crippen LogP contribution in [0.4, 0.5) is 17.6 Å². The Labute approximate surface area is 259 Å². The third-order valence-electron chi connectivity index (χ3n) is 8.79. The van der Waals surface area contributed by atoms with Gasteiger partial charge < -0.3 is 9.47 Å². The molecule has 0 amide bonds. The lowest BCUT2D eigenvalue weighted by molar-refractivity contribution is -0.140. The van der Waals surface area contributed by atoms with Crippen molar-refractivity contribution in [2.75, 3.05) is 14.2 Å². The third-order valence-corrected chi connectivity index (χ3v) is 8.79. The normalized spacial score (nSPS) is 14.6. The van der Waals surface area contributed by atoms with Crippen molar-refractivity contribution >= 4 is 32.3 Å². The molecule has 0 N–H and O–H groups in total. The molecule has 1 aliphatic carbocycles. The van der Waals surface area contributed by atoms with Crippen LogP contribution in [-0.2, 0) is 19.0 Å². The highest BCUT2D eigenvalue weighted by Crippen LogP contribution is 2.44. The van der Waals surface area contributed by atoms with E-state index < -0.39 is 17.6 Å². The smallest absolute Gasteiger partial charge is 0.419 e. The second-order valence-corrected chi connectivity index (χ2v) is 11.3. The number of alkyl halides is 3. The molecular weight excluding hydrogens is 578 g/mol. The molecule has 0 bridgehead atoms. The summed E-state index contributed by atoms with van der Waals surface area (Å²) in [4.78, 5) is 4.01. The van der Waals surface area contributed by atoms with E-state index in [4.69, 9.17) is 9.47 Å². The second kappa shape index (κ2) is 12.8. The van der Waals surface area contributed by atoms with E-state index in [1.165, 1.54) is 34.0 Å². The zero-order valence-electron chi connectivity index (χ0n) is 25.1. The van der Waals surface area contributed by atoms with Gasteiger partial charge in [-0.1, -0.05) is 60.7 Å². The summed E-state index contributed by atoms with van der Waals surface area (Å²) in [5.41, 5.74) is 1.36. The summed E-state index contributed by atoms with van der Waals surface area (Å²) in [6.45, 7) is 0. The van der Waals surface area contributed by atoms with Crippen molar-refractivity contribution < 1.29 is 27.0 Å². The maximum Gasteiger partial charge on any atom is 0.419 e. The molecule has 0 spiro atoms. The van der Waals surface area contributed by atoms with E-state index in [-0.39, 0.29) is 17.9 Å². The lowest BCUT2D eigenvalue weighted by Crippen LogP contribution is -2.13. The van der Waals surface area contributed by atoms with Crippen LogP contribution < -0.4 is 9.47 Å². The van der Waals surface area contributed by atoms with Crippen molar-refractivity contribution in [3.8, 4) is 11.5 Å². The van der Waals surface area contributed by atoms with Gasteiger partial charge in [-0.25, -0.2) is 4.39 Å². The van der Waals surface area contributed by atoms with Gasteiger partial charge in [-0.2, -0.15) is 13.2 Å². The molecule has 7 rings (SSSR count). The molecule has 230 valence electrons. The van der Waals surface area contributed by atoms with Crippen molar-refractivity contribution in [2.24, 2.45) is 0 Å². The minimum atomic E-state index is -4.69. The first-order valence-corrected chi connectivity index (χ1v) is 15.0. The monoisotopic (exact) mass is 611 g/mol. The van der Waals surface area contributed by atoms with Gasteiger partial charge in [0.25, 0.3) is 0 Å². The number of rotatable bonds is 5. The van der Waals surface area contributed by atoms with Crippen molar-refractivity contribution in [2.45, 2.75) is 44.2 Å². The Morgan fingerprint density at radius 3 is 2.33 bits per heavy atom. The molecule has 0 saturated heterocycles. The lowest BCUT2D eigenvalue weighted by atomic mass is 9.77. The summed E-state index contributed by atoms with van der Waals surface area (Å²) >= 11 is 0. The van der Waals surface area contributed by atoms with Gasteiger partial charge in [-0.3, -0.25) is 4.98 Å². The van der Waals surface area contributed by atoms with Gasteiger partial charge in [-0.05, 0) is 106 Å². The maximum atomic E-state index is 14.6. The van der Waals surface area contributed by atoms with Crippen LogP contribution in [0.3, 0.4) is 0 Å². The van der Waals surface area contributed by atoms with E-state index in [9.17, 15) is 17.6 Å². The highest BCUT2D eigenvalue weighted by atomic mass is 19.4. The predicted molar refractivity (Wildman–Crippen MR) is 172 cm³/mol. The first-order valence-electron chi connectivity index (χ1n) is 15.0. The molecule has 7 heteroatoms. The fraction of sp³-hybridized carbons (Fsp3) is 0.237. The van der Waals surface area contributed by atoms with Gasteiger partial charge in [-0.15, -0.1) is 0 Å². The molecule has 1 aromatic heterocycles.